The topological polar surface area (TPSA) is 162 Å². The molecule has 3 rings (SSSR count). The Balaban J connectivity index is 2.07. The Hall–Kier alpha value is -3.91. The van der Waals surface area contributed by atoms with Crippen molar-refractivity contribution in [3.8, 4) is 5.75 Å². The van der Waals surface area contributed by atoms with Gasteiger partial charge in [0.05, 0.1) is 35.4 Å². The quantitative estimate of drug-likeness (QED) is 0.0582. The van der Waals surface area contributed by atoms with E-state index in [0.717, 1.165) is 28.5 Å². The third-order valence-corrected chi connectivity index (χ3v) is 14.6. The van der Waals surface area contributed by atoms with Crippen LogP contribution < -0.4 is 9.04 Å². The number of carbonyl (C=O) groups is 3. The average Bonchev–Trinajstić information content (AvgIpc) is 3.50. The molecule has 0 saturated heterocycles. The van der Waals surface area contributed by atoms with E-state index in [0.29, 0.717) is 10.2 Å². The molecule has 1 heterocycles. The monoisotopic (exact) mass is 905 g/mol. The summed E-state index contributed by atoms with van der Waals surface area (Å²) in [5.74, 6) is -0.731. The van der Waals surface area contributed by atoms with Crippen molar-refractivity contribution in [3.05, 3.63) is 52.7 Å². The summed E-state index contributed by atoms with van der Waals surface area (Å²) in [7, 11) is -2.47. The molecule has 0 spiro atoms. The fourth-order valence-electron chi connectivity index (χ4n) is 6.04. The Morgan fingerprint density at radius 3 is 1.98 bits per heavy atom. The number of ether oxygens (including phenoxy) is 4. The van der Waals surface area contributed by atoms with Crippen molar-refractivity contribution in [1.82, 2.24) is 14.7 Å². The van der Waals surface area contributed by atoms with Crippen LogP contribution in [0.2, 0.25) is 23.2 Å². The smallest absolute Gasteiger partial charge is 0.435 e. The van der Waals surface area contributed by atoms with E-state index in [4.69, 9.17) is 35.0 Å². The van der Waals surface area contributed by atoms with Gasteiger partial charge in [0.25, 0.3) is 0 Å². The molecule has 0 radical (unpaired) electrons. The first-order valence-corrected chi connectivity index (χ1v) is 23.5. The van der Waals surface area contributed by atoms with Gasteiger partial charge in [0.15, 0.2) is 14.0 Å². The standard InChI is InChI=1S/C40H58ClF3N4O10SSi/c1-13-60(14-2,15-3)58-32(26-16-19-29(41)31(22-26)47(59(52)53)25-33(49)55-37(4,5)6)24-46(35(50)56-38(7,8)9)20-21-54-27-17-18-28-30(23-27)48(36(51)57-39(10,11)12)45-34(28)40(42,43)44/h16-19,22-23,32H,13-15,20-21,24-25H2,1-12H3,(H,52,53)/p-1. The highest BCUT2D eigenvalue weighted by molar-refractivity contribution is 7.80. The molecule has 0 saturated carbocycles. The van der Waals surface area contributed by atoms with E-state index in [1.54, 1.807) is 68.4 Å². The van der Waals surface area contributed by atoms with E-state index in [1.165, 1.54) is 29.2 Å². The molecule has 336 valence electrons. The molecule has 2 aromatic carbocycles. The van der Waals surface area contributed by atoms with Gasteiger partial charge in [-0.25, -0.2) is 9.59 Å². The van der Waals surface area contributed by atoms with Gasteiger partial charge in [0, 0.05) is 22.7 Å². The van der Waals surface area contributed by atoms with E-state index in [2.05, 4.69) is 5.10 Å². The molecule has 1 aromatic heterocycles. The first kappa shape index (κ1) is 50.4. The van der Waals surface area contributed by atoms with Crippen LogP contribution in [0.4, 0.5) is 28.4 Å². The zero-order valence-corrected chi connectivity index (χ0v) is 38.9. The molecule has 0 N–H and O–H groups in total. The first-order valence-electron chi connectivity index (χ1n) is 19.5. The maximum atomic E-state index is 14.0. The predicted molar refractivity (Wildman–Crippen MR) is 224 cm³/mol. The summed E-state index contributed by atoms with van der Waals surface area (Å²) in [5.41, 5.74) is -3.86. The summed E-state index contributed by atoms with van der Waals surface area (Å²) in [6, 6.07) is 10.5. The lowest BCUT2D eigenvalue weighted by atomic mass is 10.1. The molecular weight excluding hydrogens is 849 g/mol. The van der Waals surface area contributed by atoms with Gasteiger partial charge in [0.2, 0.25) is 0 Å². The third kappa shape index (κ3) is 14.3. The normalized spacial score (nSPS) is 13.8. The van der Waals surface area contributed by atoms with Crippen molar-refractivity contribution in [2.24, 2.45) is 0 Å². The number of amides is 1. The zero-order chi connectivity index (χ0) is 45.6. The number of esters is 1. The van der Waals surface area contributed by atoms with E-state index in [9.17, 15) is 36.3 Å². The molecule has 2 atom stereocenters. The highest BCUT2D eigenvalue weighted by Gasteiger charge is 2.39. The number of benzene rings is 2. The number of nitrogens with zero attached hydrogens (tertiary/aromatic N) is 4. The summed E-state index contributed by atoms with van der Waals surface area (Å²) < 4.78 is 97.7. The van der Waals surface area contributed by atoms with Crippen molar-refractivity contribution in [3.63, 3.8) is 0 Å². The van der Waals surface area contributed by atoms with Crippen molar-refractivity contribution >= 4 is 65.9 Å². The van der Waals surface area contributed by atoms with Gasteiger partial charge in [-0.2, -0.15) is 23.0 Å². The van der Waals surface area contributed by atoms with E-state index in [-0.39, 0.29) is 47.1 Å². The minimum Gasteiger partial charge on any atom is -0.755 e. The minimum absolute atomic E-state index is 0.0134. The van der Waals surface area contributed by atoms with Crippen molar-refractivity contribution in [1.29, 1.82) is 0 Å². The van der Waals surface area contributed by atoms with Gasteiger partial charge >= 0.3 is 24.3 Å². The number of aromatic nitrogens is 2. The Morgan fingerprint density at radius 2 is 1.47 bits per heavy atom. The number of fused-ring (bicyclic) bond motifs is 1. The molecule has 0 aliphatic rings. The van der Waals surface area contributed by atoms with Crippen LogP contribution in [0.15, 0.2) is 36.4 Å². The third-order valence-electron chi connectivity index (χ3n) is 8.96. The van der Waals surface area contributed by atoms with Crippen LogP contribution >= 0.6 is 11.6 Å². The molecule has 3 aromatic rings. The van der Waals surface area contributed by atoms with Crippen molar-refractivity contribution < 1.29 is 59.7 Å². The molecule has 60 heavy (non-hydrogen) atoms. The fraction of sp³-hybridized carbons (Fsp3) is 0.600. The van der Waals surface area contributed by atoms with Crippen LogP contribution in [0.5, 0.6) is 5.75 Å². The average molecular weight is 907 g/mol. The Morgan fingerprint density at radius 1 is 0.883 bits per heavy atom. The van der Waals surface area contributed by atoms with E-state index < -0.39 is 79.1 Å². The molecular formula is C40H57ClF3N4O10SSi-. The molecule has 0 aliphatic carbocycles. The number of rotatable bonds is 16. The van der Waals surface area contributed by atoms with Crippen LogP contribution in [-0.2, 0) is 40.9 Å². The zero-order valence-electron chi connectivity index (χ0n) is 36.3. The highest BCUT2D eigenvalue weighted by atomic mass is 35.5. The number of alkyl halides is 3. The highest BCUT2D eigenvalue weighted by Crippen LogP contribution is 2.37. The maximum absolute atomic E-state index is 14.0. The largest absolute Gasteiger partial charge is 0.755 e. The molecule has 2 unspecified atom stereocenters. The van der Waals surface area contributed by atoms with Crippen molar-refractivity contribution in [2.75, 3.05) is 30.5 Å². The number of hydrogen-bond acceptors (Lipinski definition) is 11. The van der Waals surface area contributed by atoms with Crippen LogP contribution in [0.1, 0.15) is 100 Å². The maximum Gasteiger partial charge on any atom is 0.435 e. The Labute approximate surface area is 358 Å². The van der Waals surface area contributed by atoms with Crippen LogP contribution in [0.25, 0.3) is 10.9 Å². The van der Waals surface area contributed by atoms with Gasteiger partial charge < -0.3 is 32.8 Å². The Bertz CT molecular complexity index is 2000. The summed E-state index contributed by atoms with van der Waals surface area (Å²) >= 11 is 3.60. The lowest BCUT2D eigenvalue weighted by Crippen LogP contribution is -2.45. The van der Waals surface area contributed by atoms with Crippen LogP contribution in [-0.4, -0.2) is 93.0 Å². The number of halogens is 4. The number of hydrogen-bond donors (Lipinski definition) is 0. The molecule has 0 fully saturated rings. The molecule has 0 aliphatic heterocycles. The number of carbonyl (C=O) groups excluding carboxylic acids is 3. The second-order valence-corrected chi connectivity index (χ2v) is 23.1. The lowest BCUT2D eigenvalue weighted by molar-refractivity contribution is -0.152. The summed E-state index contributed by atoms with van der Waals surface area (Å²) in [5, 5.41) is 3.22. The summed E-state index contributed by atoms with van der Waals surface area (Å²) in [6.45, 7) is 19.8. The second kappa shape index (κ2) is 19.9. The number of anilines is 1. The fourth-order valence-corrected chi connectivity index (χ4v) is 9.64. The lowest BCUT2D eigenvalue weighted by Gasteiger charge is -2.37. The molecule has 0 bridgehead atoms. The molecule has 14 nitrogen and oxygen atoms in total. The van der Waals surface area contributed by atoms with Gasteiger partial charge in [-0.15, -0.1) is 0 Å². The first-order chi connectivity index (χ1) is 27.5. The summed E-state index contributed by atoms with van der Waals surface area (Å²) in [6.07, 6.45) is -7.58. The van der Waals surface area contributed by atoms with Gasteiger partial charge in [-0.1, -0.05) is 38.4 Å². The molecule has 20 heteroatoms. The second-order valence-electron chi connectivity index (χ2n) is 17.1. The van der Waals surface area contributed by atoms with E-state index >= 15 is 0 Å². The van der Waals surface area contributed by atoms with Gasteiger partial charge in [-0.05, 0) is 110 Å². The SMILES string of the molecule is CC[Si](CC)(CC)OC(CN(CCOc1ccc2c(C(F)(F)F)nn(C(=O)OC(C)(C)C)c2c1)C(=O)OC(C)(C)C)c1ccc(Cl)c(N(CC(=O)OC(C)(C)C)S(=O)[O-])c1. The van der Waals surface area contributed by atoms with Gasteiger partial charge in [-0.3, -0.25) is 13.3 Å². The Kier molecular flexibility index (Phi) is 16.7. The van der Waals surface area contributed by atoms with Crippen molar-refractivity contribution in [2.45, 2.75) is 130 Å². The van der Waals surface area contributed by atoms with E-state index in [1.807, 2.05) is 20.8 Å². The van der Waals surface area contributed by atoms with Gasteiger partial charge in [0.1, 0.15) is 35.7 Å². The minimum atomic E-state index is -4.87. The summed E-state index contributed by atoms with van der Waals surface area (Å²) in [4.78, 5) is 41.0. The molecule has 1 amide bonds. The van der Waals surface area contributed by atoms with Crippen LogP contribution in [0, 0.1) is 0 Å². The predicted octanol–water partition coefficient (Wildman–Crippen LogP) is 9.81. The van der Waals surface area contributed by atoms with Crippen LogP contribution in [0.3, 0.4) is 0 Å².